The van der Waals surface area contributed by atoms with Crippen LogP contribution < -0.4 is 5.32 Å². The van der Waals surface area contributed by atoms with Crippen molar-refractivity contribution in [1.29, 1.82) is 0 Å². The third-order valence-corrected chi connectivity index (χ3v) is 1.37. The second-order valence-electron chi connectivity index (χ2n) is 4.18. The maximum absolute atomic E-state index is 11.6. The molecule has 0 radical (unpaired) electrons. The van der Waals surface area contributed by atoms with E-state index in [1.165, 1.54) is 6.92 Å². The summed E-state index contributed by atoms with van der Waals surface area (Å²) in [5.74, 6) is -0.851. The summed E-state index contributed by atoms with van der Waals surface area (Å²) in [6.45, 7) is 8.60. The first-order valence-electron chi connectivity index (χ1n) is 4.83. The molecule has 0 unspecified atom stereocenters. The quantitative estimate of drug-likeness (QED) is 0.436. The van der Waals surface area contributed by atoms with Crippen molar-refractivity contribution < 1.29 is 14.4 Å². The van der Waals surface area contributed by atoms with E-state index >= 15 is 0 Å². The van der Waals surface area contributed by atoms with Gasteiger partial charge in [-0.25, -0.2) is 4.79 Å². The van der Waals surface area contributed by atoms with E-state index in [0.29, 0.717) is 6.42 Å². The minimum atomic E-state index is -0.537. The summed E-state index contributed by atoms with van der Waals surface area (Å²) in [5, 5.41) is 6.21. The molecule has 0 rings (SSSR count). The van der Waals surface area contributed by atoms with Gasteiger partial charge in [-0.2, -0.15) is 0 Å². The SMILES string of the molecule is CC/C(=N/OC(C)=O)C(=O)NC(C)(C)C. The van der Waals surface area contributed by atoms with Gasteiger partial charge >= 0.3 is 5.97 Å². The molecule has 0 aliphatic heterocycles. The molecule has 0 saturated heterocycles. The molecule has 1 amide bonds. The maximum atomic E-state index is 11.6. The molecule has 1 N–H and O–H groups in total. The van der Waals surface area contributed by atoms with Crippen LogP contribution in [0.4, 0.5) is 0 Å². The van der Waals surface area contributed by atoms with E-state index in [9.17, 15) is 9.59 Å². The van der Waals surface area contributed by atoms with Gasteiger partial charge in [0.25, 0.3) is 5.91 Å². The molecule has 0 spiro atoms. The Kier molecular flexibility index (Phi) is 4.97. The molecule has 15 heavy (non-hydrogen) atoms. The molecule has 0 aromatic heterocycles. The Balaban J connectivity index is 4.48. The number of amides is 1. The third-order valence-electron chi connectivity index (χ3n) is 1.37. The first kappa shape index (κ1) is 13.6. The molecule has 0 atom stereocenters. The van der Waals surface area contributed by atoms with Crippen LogP contribution in [-0.4, -0.2) is 23.1 Å². The van der Waals surface area contributed by atoms with Crippen LogP contribution in [0.25, 0.3) is 0 Å². The fraction of sp³-hybridized carbons (Fsp3) is 0.700. The summed E-state index contributed by atoms with van der Waals surface area (Å²) in [5.41, 5.74) is -0.122. The van der Waals surface area contributed by atoms with E-state index in [-0.39, 0.29) is 17.2 Å². The number of oxime groups is 1. The average molecular weight is 214 g/mol. The highest BCUT2D eigenvalue weighted by atomic mass is 16.7. The minimum absolute atomic E-state index is 0.208. The fourth-order valence-corrected chi connectivity index (χ4v) is 0.799. The summed E-state index contributed by atoms with van der Waals surface area (Å²) >= 11 is 0. The van der Waals surface area contributed by atoms with Crippen molar-refractivity contribution >= 4 is 17.6 Å². The van der Waals surface area contributed by atoms with E-state index in [2.05, 4.69) is 15.3 Å². The smallest absolute Gasteiger partial charge is 0.331 e. The Bertz CT molecular complexity index is 277. The Morgan fingerprint density at radius 1 is 1.33 bits per heavy atom. The van der Waals surface area contributed by atoms with Crippen LogP contribution in [0.1, 0.15) is 41.0 Å². The zero-order valence-electron chi connectivity index (χ0n) is 9.88. The molecule has 5 nitrogen and oxygen atoms in total. The van der Waals surface area contributed by atoms with E-state index in [1.807, 2.05) is 20.8 Å². The predicted molar refractivity (Wildman–Crippen MR) is 57.4 cm³/mol. The normalized spacial score (nSPS) is 12.2. The highest BCUT2D eigenvalue weighted by Crippen LogP contribution is 2.00. The van der Waals surface area contributed by atoms with Crippen molar-refractivity contribution in [3.63, 3.8) is 0 Å². The molecule has 0 fully saturated rings. The minimum Gasteiger partial charge on any atom is -0.346 e. The number of nitrogens with one attached hydrogen (secondary N) is 1. The van der Waals surface area contributed by atoms with Gasteiger partial charge in [0, 0.05) is 12.5 Å². The number of rotatable bonds is 3. The summed E-state index contributed by atoms with van der Waals surface area (Å²) in [6.07, 6.45) is 0.412. The van der Waals surface area contributed by atoms with Gasteiger partial charge in [-0.15, -0.1) is 0 Å². The lowest BCUT2D eigenvalue weighted by Gasteiger charge is -2.20. The largest absolute Gasteiger partial charge is 0.346 e. The second-order valence-corrected chi connectivity index (χ2v) is 4.18. The summed E-state index contributed by atoms with van der Waals surface area (Å²) in [6, 6.07) is 0. The molecule has 0 heterocycles. The standard InChI is InChI=1S/C10H18N2O3/c1-6-8(12-15-7(2)13)9(14)11-10(3,4)5/h6H2,1-5H3,(H,11,14)/b12-8-. The molecule has 0 bridgehead atoms. The lowest BCUT2D eigenvalue weighted by Crippen LogP contribution is -2.44. The number of hydrogen-bond acceptors (Lipinski definition) is 4. The second kappa shape index (κ2) is 5.48. The molecule has 0 aromatic carbocycles. The van der Waals surface area contributed by atoms with Gasteiger partial charge in [0.1, 0.15) is 5.71 Å². The lowest BCUT2D eigenvalue weighted by molar-refractivity contribution is -0.141. The molecule has 0 saturated carbocycles. The summed E-state index contributed by atoms with van der Waals surface area (Å²) in [7, 11) is 0. The topological polar surface area (TPSA) is 67.8 Å². The molecule has 86 valence electrons. The molecule has 0 aromatic rings. The number of hydrogen-bond donors (Lipinski definition) is 1. The van der Waals surface area contributed by atoms with Gasteiger partial charge in [0.15, 0.2) is 0 Å². The van der Waals surface area contributed by atoms with E-state index in [0.717, 1.165) is 0 Å². The van der Waals surface area contributed by atoms with E-state index in [1.54, 1.807) is 6.92 Å². The predicted octanol–water partition coefficient (Wildman–Crippen LogP) is 1.23. The van der Waals surface area contributed by atoms with Crippen molar-refractivity contribution in [3.05, 3.63) is 0 Å². The van der Waals surface area contributed by atoms with Gasteiger partial charge in [-0.1, -0.05) is 12.1 Å². The van der Waals surface area contributed by atoms with Crippen molar-refractivity contribution in [2.75, 3.05) is 0 Å². The molecular weight excluding hydrogens is 196 g/mol. The van der Waals surface area contributed by atoms with Crippen LogP contribution in [0.15, 0.2) is 5.16 Å². The van der Waals surface area contributed by atoms with Crippen LogP contribution in [0.5, 0.6) is 0 Å². The van der Waals surface area contributed by atoms with E-state index in [4.69, 9.17) is 0 Å². The van der Waals surface area contributed by atoms with Crippen LogP contribution in [0.2, 0.25) is 0 Å². The number of carbonyl (C=O) groups is 2. The van der Waals surface area contributed by atoms with Crippen molar-refractivity contribution in [1.82, 2.24) is 5.32 Å². The average Bonchev–Trinajstić information content (AvgIpc) is 2.01. The summed E-state index contributed by atoms with van der Waals surface area (Å²) < 4.78 is 0. The Labute approximate surface area is 89.9 Å². The zero-order valence-corrected chi connectivity index (χ0v) is 9.88. The first-order valence-corrected chi connectivity index (χ1v) is 4.83. The highest BCUT2D eigenvalue weighted by molar-refractivity contribution is 6.38. The Morgan fingerprint density at radius 2 is 1.87 bits per heavy atom. The van der Waals surface area contributed by atoms with Crippen LogP contribution >= 0.6 is 0 Å². The highest BCUT2D eigenvalue weighted by Gasteiger charge is 2.18. The monoisotopic (exact) mass is 214 g/mol. The molecular formula is C10H18N2O3. The van der Waals surface area contributed by atoms with Gasteiger partial charge in [0.05, 0.1) is 0 Å². The van der Waals surface area contributed by atoms with Gasteiger partial charge in [-0.05, 0) is 27.2 Å². The molecule has 0 aliphatic rings. The van der Waals surface area contributed by atoms with Gasteiger partial charge in [-0.3, -0.25) is 4.79 Å². The van der Waals surface area contributed by atoms with Gasteiger partial charge < -0.3 is 10.2 Å². The van der Waals surface area contributed by atoms with Crippen molar-refractivity contribution in [2.24, 2.45) is 5.16 Å². The third kappa shape index (κ3) is 6.65. The van der Waals surface area contributed by atoms with Gasteiger partial charge in [0.2, 0.25) is 0 Å². The Hall–Kier alpha value is -1.39. The first-order chi connectivity index (χ1) is 6.76. The lowest BCUT2D eigenvalue weighted by atomic mass is 10.1. The van der Waals surface area contributed by atoms with Crippen LogP contribution in [-0.2, 0) is 14.4 Å². The van der Waals surface area contributed by atoms with E-state index < -0.39 is 5.97 Å². The molecule has 5 heteroatoms. The fourth-order valence-electron chi connectivity index (χ4n) is 0.799. The van der Waals surface area contributed by atoms with Crippen molar-refractivity contribution in [2.45, 2.75) is 46.6 Å². The zero-order chi connectivity index (χ0) is 12.1. The van der Waals surface area contributed by atoms with Crippen LogP contribution in [0, 0.1) is 0 Å². The number of carbonyl (C=O) groups excluding carboxylic acids is 2. The Morgan fingerprint density at radius 3 is 2.20 bits per heavy atom. The number of nitrogens with zero attached hydrogens (tertiary/aromatic N) is 1. The van der Waals surface area contributed by atoms with Crippen molar-refractivity contribution in [3.8, 4) is 0 Å². The molecule has 0 aliphatic carbocycles. The van der Waals surface area contributed by atoms with Crippen LogP contribution in [0.3, 0.4) is 0 Å². The maximum Gasteiger partial charge on any atom is 0.331 e. The summed E-state index contributed by atoms with van der Waals surface area (Å²) in [4.78, 5) is 26.5.